The minimum atomic E-state index is -0.173. The number of carbonyl (C=O) groups excluding carboxylic acids is 2. The molecule has 0 aliphatic carbocycles. The van der Waals surface area contributed by atoms with E-state index in [0.717, 1.165) is 24.3 Å². The number of unbranched alkanes of at least 4 members (excludes halogenated alkanes) is 20. The van der Waals surface area contributed by atoms with Crippen LogP contribution < -0.4 is 9.47 Å². The van der Waals surface area contributed by atoms with E-state index in [1.165, 1.54) is 128 Å². The maximum atomic E-state index is 12.7. The summed E-state index contributed by atoms with van der Waals surface area (Å²) >= 11 is 0. The van der Waals surface area contributed by atoms with E-state index in [2.05, 4.69) is 13.8 Å². The van der Waals surface area contributed by atoms with Crippen LogP contribution in [0.15, 0.2) is 48.5 Å². The molecule has 0 saturated carbocycles. The van der Waals surface area contributed by atoms with Gasteiger partial charge in [0, 0.05) is 11.1 Å². The summed E-state index contributed by atoms with van der Waals surface area (Å²) in [5.41, 5.74) is 1.08. The van der Waals surface area contributed by atoms with Crippen LogP contribution in [-0.2, 0) is 0 Å². The number of rotatable bonds is 30. The number of ketones is 2. The first-order chi connectivity index (χ1) is 22.1. The zero-order chi connectivity index (χ0) is 32.2. The first-order valence-electron chi connectivity index (χ1n) is 18.7. The molecule has 4 heteroatoms. The summed E-state index contributed by atoms with van der Waals surface area (Å²) in [5, 5.41) is 0. The molecule has 4 nitrogen and oxygen atoms in total. The third-order valence-corrected chi connectivity index (χ3v) is 8.71. The van der Waals surface area contributed by atoms with Crippen LogP contribution in [0.5, 0.6) is 11.5 Å². The lowest BCUT2D eigenvalue weighted by Gasteiger charge is -2.08. The second-order valence-corrected chi connectivity index (χ2v) is 12.8. The average molecular weight is 621 g/mol. The molecule has 0 aromatic heterocycles. The van der Waals surface area contributed by atoms with Crippen molar-refractivity contribution in [2.75, 3.05) is 13.2 Å². The van der Waals surface area contributed by atoms with Crippen LogP contribution in [0.2, 0.25) is 0 Å². The zero-order valence-electron chi connectivity index (χ0n) is 28.9. The highest BCUT2D eigenvalue weighted by atomic mass is 16.5. The SMILES string of the molecule is CCCCCCCCCCCCCCOc1ccc(C(=O)CC(=O)c2ccc(OCCCCCCCCCCCC)cc2)cc1. The Balaban J connectivity index is 1.52. The summed E-state index contributed by atoms with van der Waals surface area (Å²) in [6.07, 6.45) is 28.7. The number of ether oxygens (including phenoxy) is 2. The van der Waals surface area contributed by atoms with Gasteiger partial charge in [-0.3, -0.25) is 9.59 Å². The highest BCUT2D eigenvalue weighted by Gasteiger charge is 2.14. The van der Waals surface area contributed by atoms with E-state index in [9.17, 15) is 9.59 Å². The van der Waals surface area contributed by atoms with Crippen LogP contribution >= 0.6 is 0 Å². The number of benzene rings is 2. The van der Waals surface area contributed by atoms with Gasteiger partial charge in [0.25, 0.3) is 0 Å². The van der Waals surface area contributed by atoms with E-state index < -0.39 is 0 Å². The lowest BCUT2D eigenvalue weighted by atomic mass is 10.0. The van der Waals surface area contributed by atoms with Crippen molar-refractivity contribution in [2.45, 2.75) is 162 Å². The lowest BCUT2D eigenvalue weighted by Crippen LogP contribution is -2.09. The maximum Gasteiger partial charge on any atom is 0.170 e. The normalized spacial score (nSPS) is 11.1. The van der Waals surface area contributed by atoms with Crippen molar-refractivity contribution in [3.8, 4) is 11.5 Å². The fourth-order valence-corrected chi connectivity index (χ4v) is 5.74. The second kappa shape index (κ2) is 26.6. The molecule has 0 aliphatic heterocycles. The molecule has 0 N–H and O–H groups in total. The number of hydrogen-bond donors (Lipinski definition) is 0. The van der Waals surface area contributed by atoms with Crippen LogP contribution in [0.3, 0.4) is 0 Å². The molecule has 45 heavy (non-hydrogen) atoms. The minimum Gasteiger partial charge on any atom is -0.494 e. The lowest BCUT2D eigenvalue weighted by molar-refractivity contribution is 0.0894. The van der Waals surface area contributed by atoms with Gasteiger partial charge in [0.05, 0.1) is 19.6 Å². The van der Waals surface area contributed by atoms with E-state index >= 15 is 0 Å². The van der Waals surface area contributed by atoms with Crippen LogP contribution in [0, 0.1) is 0 Å². The predicted octanol–water partition coefficient (Wildman–Crippen LogP) is 12.5. The van der Waals surface area contributed by atoms with Crippen LogP contribution in [-0.4, -0.2) is 24.8 Å². The molecular formula is C41H64O4. The van der Waals surface area contributed by atoms with Gasteiger partial charge in [0.2, 0.25) is 0 Å². The summed E-state index contributed by atoms with van der Waals surface area (Å²) in [6, 6.07) is 14.4. The fraction of sp³-hybridized carbons (Fsp3) is 0.659. The van der Waals surface area contributed by atoms with Gasteiger partial charge in [-0.2, -0.15) is 0 Å². The van der Waals surface area contributed by atoms with Crippen molar-refractivity contribution in [3.63, 3.8) is 0 Å². The summed E-state index contributed by atoms with van der Waals surface area (Å²) in [7, 11) is 0. The highest BCUT2D eigenvalue weighted by Crippen LogP contribution is 2.19. The number of Topliss-reactive ketones (excluding diaryl/α,β-unsaturated/α-hetero) is 2. The van der Waals surface area contributed by atoms with Crippen molar-refractivity contribution in [2.24, 2.45) is 0 Å². The standard InChI is InChI=1S/C41H64O4/c1-3-5-7-9-11-13-15-16-18-20-22-24-34-45-39-31-27-37(28-32-39)41(43)35-40(42)36-25-29-38(30-26-36)44-33-23-21-19-17-14-12-10-8-6-4-2/h25-32H,3-24,33-35H2,1-2H3. The molecule has 0 amide bonds. The Morgan fingerprint density at radius 1 is 0.400 bits per heavy atom. The largest absolute Gasteiger partial charge is 0.494 e. The second-order valence-electron chi connectivity index (χ2n) is 12.8. The van der Waals surface area contributed by atoms with E-state index in [-0.39, 0.29) is 18.0 Å². The monoisotopic (exact) mass is 620 g/mol. The van der Waals surface area contributed by atoms with Crippen molar-refractivity contribution < 1.29 is 19.1 Å². The van der Waals surface area contributed by atoms with E-state index in [0.29, 0.717) is 24.3 Å². The van der Waals surface area contributed by atoms with E-state index in [1.807, 2.05) is 24.3 Å². The highest BCUT2D eigenvalue weighted by molar-refractivity contribution is 6.13. The summed E-state index contributed by atoms with van der Waals surface area (Å²) in [4.78, 5) is 25.5. The van der Waals surface area contributed by atoms with Crippen molar-refractivity contribution >= 4 is 11.6 Å². The maximum absolute atomic E-state index is 12.7. The van der Waals surface area contributed by atoms with Crippen LogP contribution in [0.1, 0.15) is 182 Å². The molecule has 0 aliphatic rings. The summed E-state index contributed by atoms with van der Waals surface area (Å²) in [5.74, 6) is 1.20. The Bertz CT molecular complexity index is 995. The molecule has 0 unspecified atom stereocenters. The average Bonchev–Trinajstić information content (AvgIpc) is 3.06. The molecule has 252 valence electrons. The summed E-state index contributed by atoms with van der Waals surface area (Å²) < 4.78 is 11.7. The van der Waals surface area contributed by atoms with Gasteiger partial charge < -0.3 is 9.47 Å². The van der Waals surface area contributed by atoms with Crippen molar-refractivity contribution in [1.29, 1.82) is 0 Å². The Labute approximate surface area is 276 Å². The van der Waals surface area contributed by atoms with Crippen LogP contribution in [0.25, 0.3) is 0 Å². The first kappa shape index (κ1) is 38.6. The van der Waals surface area contributed by atoms with Gasteiger partial charge in [-0.05, 0) is 61.4 Å². The van der Waals surface area contributed by atoms with Gasteiger partial charge in [-0.25, -0.2) is 0 Å². The Morgan fingerprint density at radius 2 is 0.667 bits per heavy atom. The first-order valence-corrected chi connectivity index (χ1v) is 18.7. The van der Waals surface area contributed by atoms with Gasteiger partial charge in [-0.1, -0.05) is 142 Å². The van der Waals surface area contributed by atoms with Gasteiger partial charge >= 0.3 is 0 Å². The molecule has 2 rings (SSSR count). The molecule has 2 aromatic rings. The third-order valence-electron chi connectivity index (χ3n) is 8.71. The molecule has 0 atom stereocenters. The quantitative estimate of drug-likeness (QED) is 0.0495. The van der Waals surface area contributed by atoms with Gasteiger partial charge in [0.1, 0.15) is 11.5 Å². The Kier molecular flexibility index (Phi) is 22.8. The number of carbonyl (C=O) groups is 2. The summed E-state index contributed by atoms with van der Waals surface area (Å²) in [6.45, 7) is 5.92. The van der Waals surface area contributed by atoms with Crippen molar-refractivity contribution in [1.82, 2.24) is 0 Å². The molecule has 0 spiro atoms. The Hall–Kier alpha value is -2.62. The predicted molar refractivity (Wildman–Crippen MR) is 190 cm³/mol. The van der Waals surface area contributed by atoms with Gasteiger partial charge in [0.15, 0.2) is 11.6 Å². The number of hydrogen-bond acceptors (Lipinski definition) is 4. The smallest absolute Gasteiger partial charge is 0.170 e. The van der Waals surface area contributed by atoms with Gasteiger partial charge in [-0.15, -0.1) is 0 Å². The van der Waals surface area contributed by atoms with Crippen LogP contribution in [0.4, 0.5) is 0 Å². The van der Waals surface area contributed by atoms with Crippen molar-refractivity contribution in [3.05, 3.63) is 59.7 Å². The third kappa shape index (κ3) is 19.5. The topological polar surface area (TPSA) is 52.6 Å². The molecule has 0 saturated heterocycles. The molecule has 0 radical (unpaired) electrons. The fourth-order valence-electron chi connectivity index (χ4n) is 5.74. The molecule has 0 bridgehead atoms. The zero-order valence-corrected chi connectivity index (χ0v) is 28.9. The Morgan fingerprint density at radius 3 is 0.956 bits per heavy atom. The molecule has 2 aromatic carbocycles. The minimum absolute atomic E-state index is 0.141. The molecular weight excluding hydrogens is 556 g/mol. The molecule has 0 fully saturated rings. The van der Waals surface area contributed by atoms with E-state index in [1.54, 1.807) is 24.3 Å². The van der Waals surface area contributed by atoms with E-state index in [4.69, 9.17) is 9.47 Å². The molecule has 0 heterocycles.